The summed E-state index contributed by atoms with van der Waals surface area (Å²) in [6.07, 6.45) is 2.62. The number of benzene rings is 1. The summed E-state index contributed by atoms with van der Waals surface area (Å²) in [6, 6.07) is 9.31. The van der Waals surface area contributed by atoms with E-state index in [9.17, 15) is 9.59 Å². The van der Waals surface area contributed by atoms with E-state index in [1.165, 1.54) is 0 Å². The molecule has 6 heteroatoms. The van der Waals surface area contributed by atoms with Gasteiger partial charge in [0.1, 0.15) is 0 Å². The van der Waals surface area contributed by atoms with E-state index in [2.05, 4.69) is 25.9 Å². The SMILES string of the molecule is Cc1nn(C(C)(C)C)cc1C(=O)N1CCCN(C(=O)c2ccccc2)CC1. The summed E-state index contributed by atoms with van der Waals surface area (Å²) >= 11 is 0. The fraction of sp³-hybridized carbons (Fsp3) is 0.476. The number of aryl methyl sites for hydroxylation is 1. The molecule has 1 aromatic heterocycles. The standard InChI is InChI=1S/C21H28N4O2/c1-16-18(15-25(22-16)21(2,3)4)20(27)24-12-8-11-23(13-14-24)19(26)17-9-6-5-7-10-17/h5-7,9-10,15H,8,11-14H2,1-4H3. The molecule has 27 heavy (non-hydrogen) atoms. The van der Waals surface area contributed by atoms with E-state index in [0.717, 1.165) is 12.1 Å². The highest BCUT2D eigenvalue weighted by molar-refractivity contribution is 5.96. The maximum Gasteiger partial charge on any atom is 0.257 e. The number of amides is 2. The van der Waals surface area contributed by atoms with Crippen LogP contribution >= 0.6 is 0 Å². The van der Waals surface area contributed by atoms with Gasteiger partial charge in [0.25, 0.3) is 11.8 Å². The Labute approximate surface area is 160 Å². The molecule has 0 bridgehead atoms. The minimum absolute atomic E-state index is 0.00277. The topological polar surface area (TPSA) is 58.4 Å². The Balaban J connectivity index is 1.70. The first kappa shape index (κ1) is 19.1. The molecule has 0 N–H and O–H groups in total. The number of hydrogen-bond donors (Lipinski definition) is 0. The highest BCUT2D eigenvalue weighted by Crippen LogP contribution is 2.18. The smallest absolute Gasteiger partial charge is 0.257 e. The number of carbonyl (C=O) groups is 2. The Morgan fingerprint density at radius 3 is 2.07 bits per heavy atom. The van der Waals surface area contributed by atoms with Crippen LogP contribution in [0.2, 0.25) is 0 Å². The van der Waals surface area contributed by atoms with Crippen molar-refractivity contribution in [2.75, 3.05) is 26.2 Å². The lowest BCUT2D eigenvalue weighted by Gasteiger charge is -2.22. The first-order valence-electron chi connectivity index (χ1n) is 9.48. The highest BCUT2D eigenvalue weighted by atomic mass is 16.2. The molecule has 1 aliphatic rings. The van der Waals surface area contributed by atoms with Gasteiger partial charge in [-0.3, -0.25) is 14.3 Å². The van der Waals surface area contributed by atoms with Gasteiger partial charge in [0, 0.05) is 37.9 Å². The van der Waals surface area contributed by atoms with Crippen molar-refractivity contribution in [2.45, 2.75) is 39.7 Å². The van der Waals surface area contributed by atoms with E-state index < -0.39 is 0 Å². The zero-order valence-corrected chi connectivity index (χ0v) is 16.6. The summed E-state index contributed by atoms with van der Waals surface area (Å²) in [5, 5.41) is 4.51. The zero-order chi connectivity index (χ0) is 19.6. The summed E-state index contributed by atoms with van der Waals surface area (Å²) in [5.74, 6) is 0.0265. The van der Waals surface area contributed by atoms with Crippen LogP contribution in [-0.4, -0.2) is 57.6 Å². The molecule has 6 nitrogen and oxygen atoms in total. The monoisotopic (exact) mass is 368 g/mol. The molecule has 0 saturated carbocycles. The summed E-state index contributed by atoms with van der Waals surface area (Å²) in [4.78, 5) is 29.4. The summed E-state index contributed by atoms with van der Waals surface area (Å²) < 4.78 is 1.85. The second-order valence-electron chi connectivity index (χ2n) is 8.05. The van der Waals surface area contributed by atoms with Crippen LogP contribution in [-0.2, 0) is 5.54 Å². The van der Waals surface area contributed by atoms with Crippen LogP contribution in [0.15, 0.2) is 36.5 Å². The van der Waals surface area contributed by atoms with Crippen LogP contribution in [0.3, 0.4) is 0 Å². The van der Waals surface area contributed by atoms with Crippen molar-refractivity contribution in [1.29, 1.82) is 0 Å². The average Bonchev–Trinajstić information content (AvgIpc) is 2.88. The second-order valence-corrected chi connectivity index (χ2v) is 8.05. The van der Waals surface area contributed by atoms with Gasteiger partial charge < -0.3 is 9.80 Å². The van der Waals surface area contributed by atoms with Crippen molar-refractivity contribution in [1.82, 2.24) is 19.6 Å². The van der Waals surface area contributed by atoms with E-state index in [0.29, 0.717) is 37.3 Å². The van der Waals surface area contributed by atoms with Gasteiger partial charge in [0.15, 0.2) is 0 Å². The molecule has 0 spiro atoms. The van der Waals surface area contributed by atoms with Crippen LogP contribution in [0, 0.1) is 6.92 Å². The predicted molar refractivity (Wildman–Crippen MR) is 105 cm³/mol. The molecule has 2 heterocycles. The van der Waals surface area contributed by atoms with Crippen LogP contribution in [0.4, 0.5) is 0 Å². The Hall–Kier alpha value is -2.63. The van der Waals surface area contributed by atoms with Gasteiger partial charge in [-0.1, -0.05) is 18.2 Å². The lowest BCUT2D eigenvalue weighted by atomic mass is 10.1. The van der Waals surface area contributed by atoms with Gasteiger partial charge in [-0.2, -0.15) is 5.10 Å². The summed E-state index contributed by atoms with van der Waals surface area (Å²) in [6.45, 7) is 10.5. The Bertz CT molecular complexity index is 820. The number of nitrogens with zero attached hydrogens (tertiary/aromatic N) is 4. The molecule has 0 aliphatic carbocycles. The van der Waals surface area contributed by atoms with Crippen LogP contribution in [0.5, 0.6) is 0 Å². The minimum atomic E-state index is -0.166. The van der Waals surface area contributed by atoms with Crippen molar-refractivity contribution < 1.29 is 9.59 Å². The Morgan fingerprint density at radius 1 is 0.926 bits per heavy atom. The molecule has 1 aromatic carbocycles. The number of carbonyl (C=O) groups excluding carboxylic acids is 2. The van der Waals surface area contributed by atoms with Crippen molar-refractivity contribution in [3.8, 4) is 0 Å². The van der Waals surface area contributed by atoms with E-state index in [1.54, 1.807) is 0 Å². The molecule has 144 valence electrons. The van der Waals surface area contributed by atoms with E-state index in [1.807, 2.05) is 57.9 Å². The van der Waals surface area contributed by atoms with Gasteiger partial charge in [0.2, 0.25) is 0 Å². The molecule has 1 fully saturated rings. The van der Waals surface area contributed by atoms with Crippen LogP contribution in [0.25, 0.3) is 0 Å². The van der Waals surface area contributed by atoms with Gasteiger partial charge in [-0.05, 0) is 46.2 Å². The fourth-order valence-corrected chi connectivity index (χ4v) is 3.27. The Kier molecular flexibility index (Phi) is 5.35. The lowest BCUT2D eigenvalue weighted by molar-refractivity contribution is 0.0718. The van der Waals surface area contributed by atoms with Gasteiger partial charge in [-0.25, -0.2) is 0 Å². The third-order valence-electron chi connectivity index (χ3n) is 4.91. The first-order chi connectivity index (χ1) is 12.8. The molecule has 2 aromatic rings. The predicted octanol–water partition coefficient (Wildman–Crippen LogP) is 2.93. The van der Waals surface area contributed by atoms with Crippen molar-refractivity contribution in [2.24, 2.45) is 0 Å². The quantitative estimate of drug-likeness (QED) is 0.819. The van der Waals surface area contributed by atoms with Crippen LogP contribution < -0.4 is 0 Å². The molecule has 1 saturated heterocycles. The molecule has 2 amide bonds. The summed E-state index contributed by atoms with van der Waals surface area (Å²) in [5.41, 5.74) is 1.92. The van der Waals surface area contributed by atoms with E-state index in [-0.39, 0.29) is 17.4 Å². The van der Waals surface area contributed by atoms with E-state index in [4.69, 9.17) is 0 Å². The lowest BCUT2D eigenvalue weighted by Crippen LogP contribution is -2.37. The van der Waals surface area contributed by atoms with Gasteiger partial charge in [0.05, 0.1) is 16.8 Å². The summed E-state index contributed by atoms with van der Waals surface area (Å²) in [7, 11) is 0. The van der Waals surface area contributed by atoms with Crippen molar-refractivity contribution >= 4 is 11.8 Å². The fourth-order valence-electron chi connectivity index (χ4n) is 3.27. The largest absolute Gasteiger partial charge is 0.337 e. The molecule has 0 unspecified atom stereocenters. The molecule has 1 aliphatic heterocycles. The molecule has 0 radical (unpaired) electrons. The maximum atomic E-state index is 13.0. The first-order valence-corrected chi connectivity index (χ1v) is 9.48. The third-order valence-corrected chi connectivity index (χ3v) is 4.91. The minimum Gasteiger partial charge on any atom is -0.337 e. The normalized spacial score (nSPS) is 15.6. The maximum absolute atomic E-state index is 13.0. The molecular formula is C21H28N4O2. The number of rotatable bonds is 2. The van der Waals surface area contributed by atoms with Crippen molar-refractivity contribution in [3.05, 3.63) is 53.3 Å². The average molecular weight is 368 g/mol. The Morgan fingerprint density at radius 2 is 1.52 bits per heavy atom. The van der Waals surface area contributed by atoms with Crippen LogP contribution in [0.1, 0.15) is 53.6 Å². The third kappa shape index (κ3) is 4.21. The molecular weight excluding hydrogens is 340 g/mol. The second kappa shape index (κ2) is 7.55. The van der Waals surface area contributed by atoms with E-state index >= 15 is 0 Å². The highest BCUT2D eigenvalue weighted by Gasteiger charge is 2.26. The number of aromatic nitrogens is 2. The van der Waals surface area contributed by atoms with Crippen molar-refractivity contribution in [3.63, 3.8) is 0 Å². The molecule has 0 atom stereocenters. The number of hydrogen-bond acceptors (Lipinski definition) is 3. The van der Waals surface area contributed by atoms with Gasteiger partial charge >= 0.3 is 0 Å². The van der Waals surface area contributed by atoms with Gasteiger partial charge in [-0.15, -0.1) is 0 Å². The zero-order valence-electron chi connectivity index (χ0n) is 16.6. The molecule has 3 rings (SSSR count).